The molecule has 0 atom stereocenters. The van der Waals surface area contributed by atoms with E-state index in [9.17, 15) is 0 Å². The van der Waals surface area contributed by atoms with Crippen molar-refractivity contribution >= 4 is 82.7 Å². The Morgan fingerprint density at radius 2 is 1.77 bits per heavy atom. The standard InChI is InChI=1S/C7H6Cl3NS.Na/c8-7(9,10)4-2-1-3-5(12)6(4)11;/h1-3,12H,11H2;. The maximum absolute atomic E-state index is 5.65. The van der Waals surface area contributed by atoms with E-state index >= 15 is 0 Å². The monoisotopic (exact) mass is 264 g/mol. The third-order valence-corrected chi connectivity index (χ3v) is 2.39. The Balaban J connectivity index is 0.00000144. The van der Waals surface area contributed by atoms with E-state index in [1.54, 1.807) is 18.2 Å². The van der Waals surface area contributed by atoms with E-state index in [0.29, 0.717) is 16.1 Å². The molecule has 0 aliphatic carbocycles. The Morgan fingerprint density at radius 1 is 1.23 bits per heavy atom. The molecule has 0 aliphatic rings. The summed E-state index contributed by atoms with van der Waals surface area (Å²) >= 11 is 21.1. The summed E-state index contributed by atoms with van der Waals surface area (Å²) in [6.45, 7) is 0. The topological polar surface area (TPSA) is 26.0 Å². The Hall–Kier alpha value is 1.24. The molecule has 0 unspecified atom stereocenters. The zero-order chi connectivity index (χ0) is 9.35. The summed E-state index contributed by atoms with van der Waals surface area (Å²) in [5.41, 5.74) is 6.50. The molecule has 13 heavy (non-hydrogen) atoms. The minimum Gasteiger partial charge on any atom is -0.397 e. The van der Waals surface area contributed by atoms with E-state index in [1.165, 1.54) is 0 Å². The molecule has 0 aliphatic heterocycles. The van der Waals surface area contributed by atoms with Gasteiger partial charge < -0.3 is 5.73 Å². The molecule has 0 saturated heterocycles. The van der Waals surface area contributed by atoms with Gasteiger partial charge in [0.15, 0.2) is 0 Å². The van der Waals surface area contributed by atoms with E-state index in [4.69, 9.17) is 40.5 Å². The number of thiol groups is 1. The number of rotatable bonds is 0. The quantitative estimate of drug-likeness (QED) is 0.321. The van der Waals surface area contributed by atoms with Crippen molar-refractivity contribution in [1.29, 1.82) is 0 Å². The van der Waals surface area contributed by atoms with Gasteiger partial charge in [-0.15, -0.1) is 12.6 Å². The molecule has 1 aromatic carbocycles. The van der Waals surface area contributed by atoms with Gasteiger partial charge in [-0.25, -0.2) is 0 Å². The second-order valence-electron chi connectivity index (χ2n) is 2.24. The van der Waals surface area contributed by atoms with Crippen LogP contribution in [0.3, 0.4) is 0 Å². The van der Waals surface area contributed by atoms with Gasteiger partial charge in [0, 0.05) is 40.0 Å². The molecule has 0 fully saturated rings. The second-order valence-corrected chi connectivity index (χ2v) is 5.00. The average Bonchev–Trinajstić information content (AvgIpc) is 1.92. The molecule has 0 bridgehead atoms. The van der Waals surface area contributed by atoms with Crippen molar-refractivity contribution in [1.82, 2.24) is 0 Å². The SMILES string of the molecule is Nc1c(S)cccc1C(Cl)(Cl)Cl.[Na]. The summed E-state index contributed by atoms with van der Waals surface area (Å²) in [5.74, 6) is 0. The number of anilines is 1. The number of nitrogens with two attached hydrogens (primary N) is 1. The van der Waals surface area contributed by atoms with Gasteiger partial charge in [0.1, 0.15) is 0 Å². The predicted molar refractivity (Wildman–Crippen MR) is 63.1 cm³/mol. The minimum absolute atomic E-state index is 0. The van der Waals surface area contributed by atoms with Crippen LogP contribution in [0.2, 0.25) is 0 Å². The first-order valence-electron chi connectivity index (χ1n) is 3.07. The predicted octanol–water partition coefficient (Wildman–Crippen LogP) is 3.00. The van der Waals surface area contributed by atoms with Crippen LogP contribution in [-0.4, -0.2) is 29.6 Å². The summed E-state index contributed by atoms with van der Waals surface area (Å²) in [7, 11) is 0. The van der Waals surface area contributed by atoms with Crippen LogP contribution in [0.4, 0.5) is 5.69 Å². The van der Waals surface area contributed by atoms with Crippen molar-refractivity contribution in [3.63, 3.8) is 0 Å². The van der Waals surface area contributed by atoms with Crippen molar-refractivity contribution in [2.24, 2.45) is 0 Å². The zero-order valence-electron chi connectivity index (χ0n) is 6.89. The molecule has 0 saturated carbocycles. The first-order valence-corrected chi connectivity index (χ1v) is 4.65. The second kappa shape index (κ2) is 5.36. The molecular weight excluding hydrogens is 260 g/mol. The Morgan fingerprint density at radius 3 is 2.15 bits per heavy atom. The fourth-order valence-corrected chi connectivity index (χ4v) is 1.50. The molecule has 1 rings (SSSR count). The summed E-state index contributed by atoms with van der Waals surface area (Å²) < 4.78 is -1.48. The van der Waals surface area contributed by atoms with Crippen LogP contribution in [0.25, 0.3) is 0 Å². The van der Waals surface area contributed by atoms with Gasteiger partial charge in [-0.1, -0.05) is 46.9 Å². The van der Waals surface area contributed by atoms with Gasteiger partial charge >= 0.3 is 0 Å². The van der Waals surface area contributed by atoms with E-state index < -0.39 is 3.79 Å². The average molecular weight is 266 g/mol. The maximum Gasteiger partial charge on any atom is 0.218 e. The largest absolute Gasteiger partial charge is 0.397 e. The molecule has 67 valence electrons. The number of nitrogen functional groups attached to an aromatic ring is 1. The van der Waals surface area contributed by atoms with Gasteiger partial charge in [-0.05, 0) is 6.07 Å². The van der Waals surface area contributed by atoms with Crippen LogP contribution in [0, 0.1) is 0 Å². The van der Waals surface area contributed by atoms with Crippen molar-refractivity contribution in [3.05, 3.63) is 23.8 Å². The fraction of sp³-hybridized carbons (Fsp3) is 0.143. The third kappa shape index (κ3) is 3.71. The van der Waals surface area contributed by atoms with Crippen LogP contribution >= 0.6 is 47.4 Å². The normalized spacial score (nSPS) is 10.8. The third-order valence-electron chi connectivity index (χ3n) is 1.39. The molecule has 0 spiro atoms. The van der Waals surface area contributed by atoms with Gasteiger partial charge in [-0.3, -0.25) is 0 Å². The maximum atomic E-state index is 5.65. The summed E-state index contributed by atoms with van der Waals surface area (Å²) in [6.07, 6.45) is 0. The van der Waals surface area contributed by atoms with Crippen LogP contribution in [0.1, 0.15) is 5.56 Å². The van der Waals surface area contributed by atoms with Crippen molar-refractivity contribution in [2.45, 2.75) is 8.69 Å². The van der Waals surface area contributed by atoms with Crippen molar-refractivity contribution < 1.29 is 0 Å². The number of hydrogen-bond donors (Lipinski definition) is 2. The van der Waals surface area contributed by atoms with Crippen molar-refractivity contribution in [3.8, 4) is 0 Å². The number of halogens is 3. The van der Waals surface area contributed by atoms with Gasteiger partial charge in [0.05, 0.1) is 5.69 Å². The fourth-order valence-electron chi connectivity index (χ4n) is 0.800. The van der Waals surface area contributed by atoms with Crippen LogP contribution in [-0.2, 0) is 3.79 Å². The van der Waals surface area contributed by atoms with E-state index in [1.807, 2.05) is 0 Å². The summed E-state index contributed by atoms with van der Waals surface area (Å²) in [6, 6.07) is 5.12. The first kappa shape index (κ1) is 14.2. The summed E-state index contributed by atoms with van der Waals surface area (Å²) in [4.78, 5) is 0.610. The van der Waals surface area contributed by atoms with Gasteiger partial charge in [-0.2, -0.15) is 0 Å². The molecule has 1 aromatic rings. The molecule has 1 nitrogen and oxygen atoms in total. The van der Waals surface area contributed by atoms with Crippen LogP contribution in [0.5, 0.6) is 0 Å². The molecule has 2 N–H and O–H groups in total. The number of benzene rings is 1. The number of alkyl halides is 3. The van der Waals surface area contributed by atoms with E-state index in [-0.39, 0.29) is 29.6 Å². The Kier molecular flexibility index (Phi) is 5.87. The molecule has 6 heteroatoms. The molecular formula is C7H6Cl3NNaS. The first-order chi connectivity index (χ1) is 5.43. The Labute approximate surface area is 120 Å². The van der Waals surface area contributed by atoms with E-state index in [0.717, 1.165) is 0 Å². The molecule has 1 radical (unpaired) electrons. The smallest absolute Gasteiger partial charge is 0.218 e. The summed E-state index contributed by atoms with van der Waals surface area (Å²) in [5, 5.41) is 0. The van der Waals surface area contributed by atoms with Gasteiger partial charge in [0.2, 0.25) is 3.79 Å². The van der Waals surface area contributed by atoms with Gasteiger partial charge in [0.25, 0.3) is 0 Å². The molecule has 0 aromatic heterocycles. The van der Waals surface area contributed by atoms with Crippen LogP contribution < -0.4 is 5.73 Å². The zero-order valence-corrected chi connectivity index (χ0v) is 12.1. The number of hydrogen-bond acceptors (Lipinski definition) is 2. The van der Waals surface area contributed by atoms with E-state index in [2.05, 4.69) is 12.6 Å². The molecule has 0 amide bonds. The Bertz CT molecular complexity index is 300. The molecule has 0 heterocycles. The van der Waals surface area contributed by atoms with Crippen molar-refractivity contribution in [2.75, 3.05) is 5.73 Å². The minimum atomic E-state index is -1.48. The van der Waals surface area contributed by atoms with Crippen LogP contribution in [0.15, 0.2) is 23.1 Å². The number of para-hydroxylation sites is 1.